The monoisotopic (exact) mass is 293 g/mol. The van der Waals surface area contributed by atoms with Gasteiger partial charge in [0.1, 0.15) is 5.54 Å². The van der Waals surface area contributed by atoms with E-state index in [0.717, 1.165) is 0 Å². The Labute approximate surface area is 120 Å². The molecular formula is C13H27NO4S. The SMILES string of the molecule is CCOC(=O)C(C)(CCSCC(O)CO)NC(C)C. The van der Waals surface area contributed by atoms with Crippen molar-refractivity contribution in [3.05, 3.63) is 0 Å². The highest BCUT2D eigenvalue weighted by Crippen LogP contribution is 2.18. The molecule has 0 rings (SSSR count). The highest BCUT2D eigenvalue weighted by molar-refractivity contribution is 7.99. The lowest BCUT2D eigenvalue weighted by molar-refractivity contribution is -0.150. The van der Waals surface area contributed by atoms with E-state index in [4.69, 9.17) is 9.84 Å². The normalized spacial score (nSPS) is 16.2. The molecule has 19 heavy (non-hydrogen) atoms. The highest BCUT2D eigenvalue weighted by Gasteiger charge is 2.34. The maximum absolute atomic E-state index is 12.0. The Morgan fingerprint density at radius 2 is 2.11 bits per heavy atom. The van der Waals surface area contributed by atoms with Crippen molar-refractivity contribution in [1.82, 2.24) is 5.32 Å². The molecule has 3 N–H and O–H groups in total. The van der Waals surface area contributed by atoms with E-state index in [2.05, 4.69) is 5.32 Å². The highest BCUT2D eigenvalue weighted by atomic mass is 32.2. The molecule has 0 saturated carbocycles. The number of nitrogens with one attached hydrogen (secondary N) is 1. The van der Waals surface area contributed by atoms with E-state index in [-0.39, 0.29) is 18.6 Å². The molecule has 0 aromatic carbocycles. The molecular weight excluding hydrogens is 266 g/mol. The number of carbonyl (C=O) groups excluding carboxylic acids is 1. The first kappa shape index (κ1) is 18.7. The van der Waals surface area contributed by atoms with Gasteiger partial charge in [0, 0.05) is 11.8 Å². The van der Waals surface area contributed by atoms with Gasteiger partial charge in [-0.2, -0.15) is 11.8 Å². The summed E-state index contributed by atoms with van der Waals surface area (Å²) < 4.78 is 5.11. The van der Waals surface area contributed by atoms with Crippen LogP contribution >= 0.6 is 11.8 Å². The largest absolute Gasteiger partial charge is 0.465 e. The fourth-order valence-corrected chi connectivity index (χ4v) is 2.81. The standard InChI is InChI=1S/C13H27NO4S/c1-5-18-12(17)13(4,14-10(2)3)6-7-19-9-11(16)8-15/h10-11,14-16H,5-9H2,1-4H3. The minimum atomic E-state index is -0.707. The number of rotatable bonds is 10. The molecule has 0 aliphatic heterocycles. The second kappa shape index (κ2) is 9.58. The maximum atomic E-state index is 12.0. The molecule has 2 unspecified atom stereocenters. The fraction of sp³-hybridized carbons (Fsp3) is 0.923. The fourth-order valence-electron chi connectivity index (χ4n) is 1.71. The molecule has 5 nitrogen and oxygen atoms in total. The van der Waals surface area contributed by atoms with E-state index in [1.54, 1.807) is 6.92 Å². The predicted octanol–water partition coefficient (Wildman–Crippen LogP) is 0.783. The zero-order chi connectivity index (χ0) is 14.9. The molecule has 0 spiro atoms. The smallest absolute Gasteiger partial charge is 0.326 e. The Bertz CT molecular complexity index is 263. The number of hydrogen-bond acceptors (Lipinski definition) is 6. The van der Waals surface area contributed by atoms with E-state index >= 15 is 0 Å². The van der Waals surface area contributed by atoms with Crippen LogP contribution in [0.2, 0.25) is 0 Å². The molecule has 0 aliphatic rings. The van der Waals surface area contributed by atoms with Crippen molar-refractivity contribution in [3.63, 3.8) is 0 Å². The van der Waals surface area contributed by atoms with Gasteiger partial charge in [0.2, 0.25) is 0 Å². The van der Waals surface area contributed by atoms with Gasteiger partial charge in [-0.15, -0.1) is 0 Å². The van der Waals surface area contributed by atoms with Gasteiger partial charge in [-0.3, -0.25) is 10.1 Å². The third kappa shape index (κ3) is 7.77. The van der Waals surface area contributed by atoms with Crippen LogP contribution in [0.15, 0.2) is 0 Å². The van der Waals surface area contributed by atoms with Crippen LogP contribution in [0.4, 0.5) is 0 Å². The summed E-state index contributed by atoms with van der Waals surface area (Å²) in [4.78, 5) is 12.0. The summed E-state index contributed by atoms with van der Waals surface area (Å²) >= 11 is 1.52. The predicted molar refractivity (Wildman–Crippen MR) is 78.3 cm³/mol. The summed E-state index contributed by atoms with van der Waals surface area (Å²) in [6.07, 6.45) is -0.0794. The molecule has 6 heteroatoms. The van der Waals surface area contributed by atoms with Gasteiger partial charge in [-0.1, -0.05) is 0 Å². The summed E-state index contributed by atoms with van der Waals surface area (Å²) in [5.41, 5.74) is -0.707. The zero-order valence-corrected chi connectivity index (χ0v) is 13.1. The third-order valence-corrected chi connectivity index (χ3v) is 3.71. The second-order valence-electron chi connectivity index (χ2n) is 5.01. The van der Waals surface area contributed by atoms with Gasteiger partial charge in [-0.25, -0.2) is 0 Å². The van der Waals surface area contributed by atoms with Crippen molar-refractivity contribution in [2.45, 2.75) is 51.8 Å². The van der Waals surface area contributed by atoms with E-state index in [1.165, 1.54) is 11.8 Å². The number of hydrogen-bond donors (Lipinski definition) is 3. The molecule has 2 atom stereocenters. The van der Waals surface area contributed by atoms with Crippen LogP contribution in [-0.2, 0) is 9.53 Å². The van der Waals surface area contributed by atoms with Crippen LogP contribution in [0.25, 0.3) is 0 Å². The molecule has 0 fully saturated rings. The molecule has 0 aromatic rings. The molecule has 0 amide bonds. The van der Waals surface area contributed by atoms with Crippen molar-refractivity contribution < 1.29 is 19.7 Å². The first-order valence-corrected chi connectivity index (χ1v) is 7.82. The number of esters is 1. The van der Waals surface area contributed by atoms with Gasteiger partial charge in [0.25, 0.3) is 0 Å². The topological polar surface area (TPSA) is 78.8 Å². The number of carbonyl (C=O) groups is 1. The van der Waals surface area contributed by atoms with Crippen LogP contribution in [0.1, 0.15) is 34.1 Å². The lowest BCUT2D eigenvalue weighted by Crippen LogP contribution is -2.53. The summed E-state index contributed by atoms with van der Waals surface area (Å²) in [6.45, 7) is 7.74. The van der Waals surface area contributed by atoms with Gasteiger partial charge in [-0.05, 0) is 39.9 Å². The van der Waals surface area contributed by atoms with E-state index in [9.17, 15) is 9.90 Å². The summed E-state index contributed by atoms with van der Waals surface area (Å²) in [7, 11) is 0. The minimum Gasteiger partial charge on any atom is -0.465 e. The molecule has 0 aliphatic carbocycles. The van der Waals surface area contributed by atoms with Gasteiger partial charge < -0.3 is 14.9 Å². The van der Waals surface area contributed by atoms with Crippen molar-refractivity contribution in [2.75, 3.05) is 24.7 Å². The minimum absolute atomic E-state index is 0.183. The number of aliphatic hydroxyl groups is 2. The molecule has 0 saturated heterocycles. The van der Waals surface area contributed by atoms with E-state index in [0.29, 0.717) is 24.5 Å². The summed E-state index contributed by atoms with van der Waals surface area (Å²) in [6, 6.07) is 0.183. The Kier molecular flexibility index (Phi) is 9.43. The number of thioether (sulfide) groups is 1. The van der Waals surface area contributed by atoms with Crippen molar-refractivity contribution in [3.8, 4) is 0 Å². The van der Waals surface area contributed by atoms with Gasteiger partial charge in [0.05, 0.1) is 19.3 Å². The van der Waals surface area contributed by atoms with E-state index in [1.807, 2.05) is 20.8 Å². The van der Waals surface area contributed by atoms with Crippen LogP contribution in [0.3, 0.4) is 0 Å². The second-order valence-corrected chi connectivity index (χ2v) is 6.16. The third-order valence-electron chi connectivity index (χ3n) is 2.60. The lowest BCUT2D eigenvalue weighted by Gasteiger charge is -2.30. The van der Waals surface area contributed by atoms with Gasteiger partial charge >= 0.3 is 5.97 Å². The Morgan fingerprint density at radius 1 is 1.47 bits per heavy atom. The summed E-state index contributed by atoms with van der Waals surface area (Å²) in [5, 5.41) is 21.2. The average molecular weight is 293 g/mol. The quantitative estimate of drug-likeness (QED) is 0.408. The Balaban J connectivity index is 4.31. The number of ether oxygens (including phenoxy) is 1. The molecule has 0 radical (unpaired) electrons. The first-order valence-electron chi connectivity index (χ1n) is 6.67. The Morgan fingerprint density at radius 3 is 2.58 bits per heavy atom. The average Bonchev–Trinajstić information content (AvgIpc) is 2.33. The Hall–Kier alpha value is -0.300. The van der Waals surface area contributed by atoms with E-state index < -0.39 is 11.6 Å². The lowest BCUT2D eigenvalue weighted by atomic mass is 9.98. The van der Waals surface area contributed by atoms with Crippen LogP contribution in [-0.4, -0.2) is 58.6 Å². The molecule has 0 heterocycles. The van der Waals surface area contributed by atoms with Crippen LogP contribution < -0.4 is 5.32 Å². The van der Waals surface area contributed by atoms with Gasteiger partial charge in [0.15, 0.2) is 0 Å². The molecule has 114 valence electrons. The summed E-state index contributed by atoms with van der Waals surface area (Å²) in [5.74, 6) is 0.940. The zero-order valence-electron chi connectivity index (χ0n) is 12.3. The first-order chi connectivity index (χ1) is 8.85. The maximum Gasteiger partial charge on any atom is 0.326 e. The van der Waals surface area contributed by atoms with Crippen LogP contribution in [0.5, 0.6) is 0 Å². The van der Waals surface area contributed by atoms with Crippen LogP contribution in [0, 0.1) is 0 Å². The van der Waals surface area contributed by atoms with Crippen molar-refractivity contribution >= 4 is 17.7 Å². The number of aliphatic hydroxyl groups excluding tert-OH is 2. The molecule has 0 bridgehead atoms. The van der Waals surface area contributed by atoms with Crippen molar-refractivity contribution in [2.24, 2.45) is 0 Å². The van der Waals surface area contributed by atoms with Crippen molar-refractivity contribution in [1.29, 1.82) is 0 Å². The molecule has 0 aromatic heterocycles.